The van der Waals surface area contributed by atoms with Crippen LogP contribution < -0.4 is 10.1 Å². The normalized spacial score (nSPS) is 24.7. The SMILES string of the molecule is COc1ccc(C)cc1CN1C[C@@H](c2cc(F)ccc2F)[C@@]2(CCCC(=O)N2)C1. The standard InChI is InChI=1S/C23H26F2N2O2/c1-15-5-8-21(29-2)16(10-15)12-27-13-19(18-11-17(24)6-7-20(18)25)23(14-27)9-3-4-22(28)26-23/h5-8,10-11,19H,3-4,9,12-14H2,1-2H3,(H,26,28)/t19-,23+/m0/s1. The Labute approximate surface area is 169 Å². The largest absolute Gasteiger partial charge is 0.496 e. The molecule has 0 aromatic heterocycles. The summed E-state index contributed by atoms with van der Waals surface area (Å²) in [5.74, 6) is -0.410. The summed E-state index contributed by atoms with van der Waals surface area (Å²) in [6.45, 7) is 3.78. The van der Waals surface area contributed by atoms with Crippen LogP contribution in [0.3, 0.4) is 0 Å². The number of methoxy groups -OCH3 is 1. The van der Waals surface area contributed by atoms with Crippen LogP contribution >= 0.6 is 0 Å². The van der Waals surface area contributed by atoms with Gasteiger partial charge in [0.15, 0.2) is 0 Å². The van der Waals surface area contributed by atoms with Crippen molar-refractivity contribution in [2.45, 2.75) is 44.2 Å². The number of likely N-dealkylation sites (tertiary alicyclic amines) is 1. The maximum Gasteiger partial charge on any atom is 0.220 e. The number of hydrogen-bond acceptors (Lipinski definition) is 3. The van der Waals surface area contributed by atoms with Crippen LogP contribution in [0.5, 0.6) is 5.75 Å². The number of hydrogen-bond donors (Lipinski definition) is 1. The number of rotatable bonds is 4. The number of nitrogens with one attached hydrogen (secondary N) is 1. The molecule has 0 saturated carbocycles. The van der Waals surface area contributed by atoms with Gasteiger partial charge in [0.05, 0.1) is 12.6 Å². The number of carbonyl (C=O) groups excluding carboxylic acids is 1. The summed E-state index contributed by atoms with van der Waals surface area (Å²) in [6.07, 6.45) is 1.98. The lowest BCUT2D eigenvalue weighted by molar-refractivity contribution is -0.125. The summed E-state index contributed by atoms with van der Waals surface area (Å²) in [6, 6.07) is 9.62. The monoisotopic (exact) mass is 400 g/mol. The molecular formula is C23H26F2N2O2. The summed E-state index contributed by atoms with van der Waals surface area (Å²) in [7, 11) is 1.64. The van der Waals surface area contributed by atoms with E-state index in [1.807, 2.05) is 19.1 Å². The predicted molar refractivity (Wildman–Crippen MR) is 107 cm³/mol. The van der Waals surface area contributed by atoms with Crippen LogP contribution in [0.2, 0.25) is 0 Å². The fraction of sp³-hybridized carbons (Fsp3) is 0.435. The highest BCUT2D eigenvalue weighted by Gasteiger charge is 2.50. The summed E-state index contributed by atoms with van der Waals surface area (Å²) in [5, 5.41) is 3.14. The molecule has 4 rings (SSSR count). The van der Waals surface area contributed by atoms with Crippen LogP contribution in [0.15, 0.2) is 36.4 Å². The first kappa shape index (κ1) is 19.8. The first-order chi connectivity index (χ1) is 13.9. The molecule has 0 aliphatic carbocycles. The number of ether oxygens (including phenoxy) is 1. The fourth-order valence-electron chi connectivity index (χ4n) is 4.92. The zero-order valence-electron chi connectivity index (χ0n) is 16.8. The summed E-state index contributed by atoms with van der Waals surface area (Å²) in [4.78, 5) is 14.5. The first-order valence-corrected chi connectivity index (χ1v) is 10.0. The predicted octanol–water partition coefficient (Wildman–Crippen LogP) is 3.92. The molecule has 6 heteroatoms. The number of piperidine rings is 1. The highest BCUT2D eigenvalue weighted by atomic mass is 19.1. The third-order valence-corrected chi connectivity index (χ3v) is 6.19. The molecule has 2 saturated heterocycles. The lowest BCUT2D eigenvalue weighted by Gasteiger charge is -2.39. The molecule has 29 heavy (non-hydrogen) atoms. The second-order valence-electron chi connectivity index (χ2n) is 8.26. The second-order valence-corrected chi connectivity index (χ2v) is 8.26. The molecule has 1 N–H and O–H groups in total. The van der Waals surface area contributed by atoms with Crippen molar-refractivity contribution in [3.63, 3.8) is 0 Å². The van der Waals surface area contributed by atoms with Crippen LogP contribution in [0, 0.1) is 18.6 Å². The molecule has 1 amide bonds. The minimum absolute atomic E-state index is 0.0203. The Kier molecular flexibility index (Phi) is 5.30. The third-order valence-electron chi connectivity index (χ3n) is 6.19. The van der Waals surface area contributed by atoms with Gasteiger partial charge in [0.2, 0.25) is 5.91 Å². The van der Waals surface area contributed by atoms with E-state index in [0.717, 1.165) is 35.8 Å². The van der Waals surface area contributed by atoms with Gasteiger partial charge in [-0.05, 0) is 49.6 Å². The smallest absolute Gasteiger partial charge is 0.220 e. The molecule has 2 aromatic rings. The second kappa shape index (κ2) is 7.75. The van der Waals surface area contributed by atoms with E-state index in [1.54, 1.807) is 7.11 Å². The van der Waals surface area contributed by atoms with Gasteiger partial charge in [-0.25, -0.2) is 8.78 Å². The Balaban J connectivity index is 1.68. The van der Waals surface area contributed by atoms with E-state index >= 15 is 0 Å². The van der Waals surface area contributed by atoms with E-state index in [4.69, 9.17) is 4.74 Å². The molecule has 154 valence electrons. The number of halogens is 2. The summed E-state index contributed by atoms with van der Waals surface area (Å²) >= 11 is 0. The van der Waals surface area contributed by atoms with Crippen molar-refractivity contribution in [1.82, 2.24) is 10.2 Å². The molecule has 2 aromatic carbocycles. The highest BCUT2D eigenvalue weighted by molar-refractivity contribution is 5.78. The lowest BCUT2D eigenvalue weighted by atomic mass is 9.76. The Morgan fingerprint density at radius 3 is 2.83 bits per heavy atom. The number of amides is 1. The number of nitrogens with zero attached hydrogens (tertiary/aromatic N) is 1. The van der Waals surface area contributed by atoms with Gasteiger partial charge in [-0.1, -0.05) is 17.7 Å². The zero-order chi connectivity index (χ0) is 20.6. The molecule has 2 aliphatic rings. The van der Waals surface area contributed by atoms with Gasteiger partial charge in [-0.15, -0.1) is 0 Å². The van der Waals surface area contributed by atoms with Crippen molar-refractivity contribution in [2.24, 2.45) is 0 Å². The number of carbonyl (C=O) groups is 1. The van der Waals surface area contributed by atoms with Crippen molar-refractivity contribution in [3.8, 4) is 5.75 Å². The summed E-state index contributed by atoms with van der Waals surface area (Å²) in [5.41, 5.74) is 1.94. The van der Waals surface area contributed by atoms with E-state index < -0.39 is 17.2 Å². The molecule has 0 bridgehead atoms. The Bertz CT molecular complexity index is 933. The molecular weight excluding hydrogens is 374 g/mol. The van der Waals surface area contributed by atoms with Gasteiger partial charge in [-0.3, -0.25) is 9.69 Å². The Morgan fingerprint density at radius 2 is 2.07 bits per heavy atom. The topological polar surface area (TPSA) is 41.6 Å². The van der Waals surface area contributed by atoms with Gasteiger partial charge in [0.1, 0.15) is 17.4 Å². The van der Waals surface area contributed by atoms with Crippen LogP contribution in [0.1, 0.15) is 41.9 Å². The van der Waals surface area contributed by atoms with Crippen molar-refractivity contribution >= 4 is 5.91 Å². The Hall–Kier alpha value is -2.47. The molecule has 1 spiro atoms. The maximum atomic E-state index is 14.7. The van der Waals surface area contributed by atoms with E-state index in [2.05, 4.69) is 16.3 Å². The Morgan fingerprint density at radius 1 is 1.24 bits per heavy atom. The van der Waals surface area contributed by atoms with Crippen molar-refractivity contribution < 1.29 is 18.3 Å². The van der Waals surface area contributed by atoms with Crippen LogP contribution in [0.25, 0.3) is 0 Å². The minimum atomic E-state index is -0.582. The van der Waals surface area contributed by atoms with Gasteiger partial charge < -0.3 is 10.1 Å². The number of aryl methyl sites for hydroxylation is 1. The molecule has 4 nitrogen and oxygen atoms in total. The number of benzene rings is 2. The molecule has 0 unspecified atom stereocenters. The third kappa shape index (κ3) is 3.86. The van der Waals surface area contributed by atoms with Gasteiger partial charge >= 0.3 is 0 Å². The van der Waals surface area contributed by atoms with Crippen LogP contribution in [0.4, 0.5) is 8.78 Å². The first-order valence-electron chi connectivity index (χ1n) is 10.0. The van der Waals surface area contributed by atoms with Gasteiger partial charge in [0, 0.05) is 37.5 Å². The average molecular weight is 400 g/mol. The van der Waals surface area contributed by atoms with Gasteiger partial charge in [-0.2, -0.15) is 0 Å². The van der Waals surface area contributed by atoms with E-state index in [9.17, 15) is 13.6 Å². The zero-order valence-corrected chi connectivity index (χ0v) is 16.8. The average Bonchev–Trinajstić information content (AvgIpc) is 3.00. The molecule has 2 fully saturated rings. The molecule has 2 atom stereocenters. The van der Waals surface area contributed by atoms with Crippen molar-refractivity contribution in [3.05, 3.63) is 64.7 Å². The van der Waals surface area contributed by atoms with Gasteiger partial charge in [0.25, 0.3) is 0 Å². The lowest BCUT2D eigenvalue weighted by Crippen LogP contribution is -2.56. The van der Waals surface area contributed by atoms with Crippen molar-refractivity contribution in [2.75, 3.05) is 20.2 Å². The van der Waals surface area contributed by atoms with Crippen molar-refractivity contribution in [1.29, 1.82) is 0 Å². The van der Waals surface area contributed by atoms with E-state index in [-0.39, 0.29) is 11.8 Å². The summed E-state index contributed by atoms with van der Waals surface area (Å²) < 4.78 is 34.1. The van der Waals surface area contributed by atoms with Crippen LogP contribution in [-0.2, 0) is 11.3 Å². The highest BCUT2D eigenvalue weighted by Crippen LogP contribution is 2.43. The molecule has 2 heterocycles. The van der Waals surface area contributed by atoms with E-state index in [1.165, 1.54) is 12.1 Å². The van der Waals surface area contributed by atoms with E-state index in [0.29, 0.717) is 31.6 Å². The fourth-order valence-corrected chi connectivity index (χ4v) is 4.92. The maximum absolute atomic E-state index is 14.7. The quantitative estimate of drug-likeness (QED) is 0.846. The molecule has 2 aliphatic heterocycles. The van der Waals surface area contributed by atoms with Crippen LogP contribution in [-0.4, -0.2) is 36.5 Å². The minimum Gasteiger partial charge on any atom is -0.496 e. The molecule has 0 radical (unpaired) electrons.